The van der Waals surface area contributed by atoms with E-state index < -0.39 is 0 Å². The van der Waals surface area contributed by atoms with E-state index in [4.69, 9.17) is 0 Å². The number of H-pyrrole nitrogens is 1. The van der Waals surface area contributed by atoms with Crippen LogP contribution in [0.4, 0.5) is 0 Å². The largest absolute Gasteiger partial charge is 0.344 e. The quantitative estimate of drug-likeness (QED) is 0.656. The number of nitrogens with zero attached hydrogens (tertiary/aromatic N) is 1. The summed E-state index contributed by atoms with van der Waals surface area (Å²) in [4.78, 5) is 7.42. The summed E-state index contributed by atoms with van der Waals surface area (Å²) in [6, 6.07) is 4.24. The number of nitrogens with one attached hydrogen (secondary N) is 1. The Hall–Kier alpha value is -1.31. The molecule has 2 heterocycles. The summed E-state index contributed by atoms with van der Waals surface area (Å²) in [5, 5.41) is 1.20. The van der Waals surface area contributed by atoms with Crippen LogP contribution in [0.25, 0.3) is 11.0 Å². The summed E-state index contributed by atoms with van der Waals surface area (Å²) in [5.41, 5.74) is 3.35. The fraction of sp³-hybridized carbons (Fsp3) is 0.364. The molecule has 1 N–H and O–H groups in total. The predicted molar refractivity (Wildman–Crippen MR) is 56.9 cm³/mol. The number of rotatable bonds is 0. The molecule has 2 aromatic rings. The van der Waals surface area contributed by atoms with E-state index in [-0.39, 0.29) is 0 Å². The van der Waals surface area contributed by atoms with Crippen molar-refractivity contribution in [3.63, 3.8) is 0 Å². The van der Waals surface area contributed by atoms with Crippen LogP contribution < -0.4 is 0 Å². The van der Waals surface area contributed by atoms with Crippen molar-refractivity contribution in [2.75, 3.05) is 0 Å². The van der Waals surface area contributed by atoms with Crippen LogP contribution in [-0.2, 0) is 0 Å². The standard InChI is InChI=1S/C9H10N2.C2H6/c1-6-3-8-4-7(2)11-9(8)10-5-6;1-2/h3-5H,1-2H3,(H,10,11);1-2H3. The average molecular weight is 176 g/mol. The molecule has 0 bridgehead atoms. The lowest BCUT2D eigenvalue weighted by Gasteiger charge is -1.89. The van der Waals surface area contributed by atoms with Crippen LogP contribution in [0.3, 0.4) is 0 Å². The lowest BCUT2D eigenvalue weighted by atomic mass is 10.2. The van der Waals surface area contributed by atoms with Crippen LogP contribution in [0, 0.1) is 13.8 Å². The number of pyridine rings is 1. The van der Waals surface area contributed by atoms with Crippen LogP contribution in [-0.4, -0.2) is 9.97 Å². The van der Waals surface area contributed by atoms with Gasteiger partial charge in [0.2, 0.25) is 0 Å². The van der Waals surface area contributed by atoms with Gasteiger partial charge in [-0.2, -0.15) is 0 Å². The second kappa shape index (κ2) is 4.08. The summed E-state index contributed by atoms with van der Waals surface area (Å²) in [5.74, 6) is 0. The van der Waals surface area contributed by atoms with E-state index in [0.29, 0.717) is 0 Å². The third kappa shape index (κ3) is 2.08. The molecule has 0 unspecified atom stereocenters. The molecule has 0 saturated carbocycles. The van der Waals surface area contributed by atoms with Crippen molar-refractivity contribution in [2.24, 2.45) is 0 Å². The molecule has 13 heavy (non-hydrogen) atoms. The number of aryl methyl sites for hydroxylation is 2. The van der Waals surface area contributed by atoms with Gasteiger partial charge in [-0.05, 0) is 31.5 Å². The van der Waals surface area contributed by atoms with E-state index in [1.807, 2.05) is 27.0 Å². The second-order valence-electron chi connectivity index (χ2n) is 2.90. The Bertz CT molecular complexity index is 388. The maximum absolute atomic E-state index is 4.25. The number of aromatic nitrogens is 2. The first-order valence-electron chi connectivity index (χ1n) is 4.68. The summed E-state index contributed by atoms with van der Waals surface area (Å²) in [6.07, 6.45) is 1.87. The maximum Gasteiger partial charge on any atom is 0.137 e. The van der Waals surface area contributed by atoms with Crippen molar-refractivity contribution in [3.8, 4) is 0 Å². The Morgan fingerprint density at radius 3 is 2.54 bits per heavy atom. The normalized spacial score (nSPS) is 9.54. The third-order valence-corrected chi connectivity index (χ3v) is 1.74. The van der Waals surface area contributed by atoms with Gasteiger partial charge >= 0.3 is 0 Å². The highest BCUT2D eigenvalue weighted by molar-refractivity contribution is 5.76. The average Bonchev–Trinajstić information content (AvgIpc) is 2.48. The van der Waals surface area contributed by atoms with E-state index >= 15 is 0 Å². The molecule has 2 rings (SSSR count). The van der Waals surface area contributed by atoms with E-state index in [0.717, 1.165) is 11.3 Å². The minimum absolute atomic E-state index is 0.980. The fourth-order valence-electron chi connectivity index (χ4n) is 1.26. The van der Waals surface area contributed by atoms with Crippen molar-refractivity contribution < 1.29 is 0 Å². The predicted octanol–water partition coefficient (Wildman–Crippen LogP) is 3.21. The number of aromatic amines is 1. The molecule has 0 aromatic carbocycles. The fourth-order valence-corrected chi connectivity index (χ4v) is 1.26. The van der Waals surface area contributed by atoms with Crippen LogP contribution >= 0.6 is 0 Å². The number of hydrogen-bond acceptors (Lipinski definition) is 1. The highest BCUT2D eigenvalue weighted by atomic mass is 14.8. The van der Waals surface area contributed by atoms with Crippen molar-refractivity contribution in [1.29, 1.82) is 0 Å². The van der Waals surface area contributed by atoms with Gasteiger partial charge in [-0.3, -0.25) is 0 Å². The molecular weight excluding hydrogens is 160 g/mol. The minimum Gasteiger partial charge on any atom is -0.344 e. The smallest absolute Gasteiger partial charge is 0.137 e. The summed E-state index contributed by atoms with van der Waals surface area (Å²) in [6.45, 7) is 8.09. The molecule has 0 fully saturated rings. The molecule has 2 heteroatoms. The Kier molecular flexibility index (Phi) is 3.07. The molecule has 0 aliphatic rings. The molecule has 0 saturated heterocycles. The lowest BCUT2D eigenvalue weighted by Crippen LogP contribution is -1.77. The zero-order valence-corrected chi connectivity index (χ0v) is 8.68. The number of hydrogen-bond donors (Lipinski definition) is 1. The first-order chi connectivity index (χ1) is 6.25. The van der Waals surface area contributed by atoms with Gasteiger partial charge in [-0.15, -0.1) is 0 Å². The van der Waals surface area contributed by atoms with Gasteiger partial charge in [0.25, 0.3) is 0 Å². The van der Waals surface area contributed by atoms with E-state index in [2.05, 4.69) is 29.0 Å². The van der Waals surface area contributed by atoms with Crippen LogP contribution in [0.1, 0.15) is 25.1 Å². The molecule has 2 nitrogen and oxygen atoms in total. The van der Waals surface area contributed by atoms with Crippen molar-refractivity contribution >= 4 is 11.0 Å². The van der Waals surface area contributed by atoms with Gasteiger partial charge in [0.1, 0.15) is 5.65 Å². The summed E-state index contributed by atoms with van der Waals surface area (Å²) < 4.78 is 0. The van der Waals surface area contributed by atoms with E-state index in [9.17, 15) is 0 Å². The van der Waals surface area contributed by atoms with Crippen LogP contribution in [0.15, 0.2) is 18.3 Å². The Morgan fingerprint density at radius 2 is 1.85 bits per heavy atom. The molecule has 0 amide bonds. The van der Waals surface area contributed by atoms with E-state index in [1.54, 1.807) is 0 Å². The highest BCUT2D eigenvalue weighted by Crippen LogP contribution is 2.12. The first kappa shape index (κ1) is 9.78. The second-order valence-corrected chi connectivity index (χ2v) is 2.90. The summed E-state index contributed by atoms with van der Waals surface area (Å²) >= 11 is 0. The van der Waals surface area contributed by atoms with Crippen molar-refractivity contribution in [1.82, 2.24) is 9.97 Å². The molecule has 0 atom stereocenters. The maximum atomic E-state index is 4.25. The third-order valence-electron chi connectivity index (χ3n) is 1.74. The zero-order chi connectivity index (χ0) is 9.84. The van der Waals surface area contributed by atoms with Gasteiger partial charge in [-0.25, -0.2) is 4.98 Å². The number of fused-ring (bicyclic) bond motifs is 1. The molecular formula is C11H16N2. The Balaban J connectivity index is 0.000000396. The Morgan fingerprint density at radius 1 is 1.15 bits per heavy atom. The van der Waals surface area contributed by atoms with Gasteiger partial charge in [-0.1, -0.05) is 13.8 Å². The van der Waals surface area contributed by atoms with Crippen molar-refractivity contribution in [3.05, 3.63) is 29.6 Å². The van der Waals surface area contributed by atoms with Crippen LogP contribution in [0.5, 0.6) is 0 Å². The van der Waals surface area contributed by atoms with E-state index in [1.165, 1.54) is 10.9 Å². The molecule has 0 radical (unpaired) electrons. The molecule has 2 aromatic heterocycles. The van der Waals surface area contributed by atoms with Crippen molar-refractivity contribution in [2.45, 2.75) is 27.7 Å². The summed E-state index contributed by atoms with van der Waals surface area (Å²) in [7, 11) is 0. The van der Waals surface area contributed by atoms with Gasteiger partial charge in [0.15, 0.2) is 0 Å². The van der Waals surface area contributed by atoms with Gasteiger partial charge < -0.3 is 4.98 Å². The lowest BCUT2D eigenvalue weighted by molar-refractivity contribution is 1.24. The molecule has 0 aliphatic carbocycles. The van der Waals surface area contributed by atoms with Gasteiger partial charge in [0.05, 0.1) is 0 Å². The van der Waals surface area contributed by atoms with Crippen LogP contribution in [0.2, 0.25) is 0 Å². The topological polar surface area (TPSA) is 28.7 Å². The SMILES string of the molecule is CC.Cc1cnc2[nH]c(C)cc2c1. The minimum atomic E-state index is 0.980. The molecule has 0 spiro atoms. The zero-order valence-electron chi connectivity index (χ0n) is 8.68. The Labute approximate surface area is 79.0 Å². The monoisotopic (exact) mass is 176 g/mol. The first-order valence-corrected chi connectivity index (χ1v) is 4.68. The van der Waals surface area contributed by atoms with Gasteiger partial charge in [0, 0.05) is 17.3 Å². The molecule has 0 aliphatic heterocycles. The molecule has 70 valence electrons. The highest BCUT2D eigenvalue weighted by Gasteiger charge is 1.96.